The highest BCUT2D eigenvalue weighted by molar-refractivity contribution is 5.90. The standard InChI is InChI=1S/C37H66O3/c1-3-4-5-6-7-8-9-10-11-15-18-21-24-27-30-35-36(40-35)31-28-25-22-19-16-13-12-14-17-20-23-26-29-34-32-33(2)39-37(34)38/h21,24,32-33,35-36H,3-20,22-23,25-31H2,1-2H3/b24-21-/t33-,35-,36-/m1/s1. The summed E-state index contributed by atoms with van der Waals surface area (Å²) in [5.74, 6) is -0.0920. The molecular weight excluding hydrogens is 492 g/mol. The molecule has 0 spiro atoms. The fourth-order valence-corrected chi connectivity index (χ4v) is 6.18. The lowest BCUT2D eigenvalue weighted by Gasteiger charge is -2.03. The van der Waals surface area contributed by atoms with Gasteiger partial charge in [-0.25, -0.2) is 4.79 Å². The minimum absolute atomic E-state index is 0.0199. The molecule has 0 saturated carbocycles. The van der Waals surface area contributed by atoms with Crippen LogP contribution in [0.3, 0.4) is 0 Å². The molecule has 0 bridgehead atoms. The van der Waals surface area contributed by atoms with Crippen LogP contribution in [0.15, 0.2) is 23.8 Å². The molecule has 2 aliphatic rings. The Bertz CT molecular complexity index is 666. The summed E-state index contributed by atoms with van der Waals surface area (Å²) in [5, 5.41) is 0. The van der Waals surface area contributed by atoms with Crippen molar-refractivity contribution in [2.24, 2.45) is 0 Å². The Labute approximate surface area is 249 Å². The summed E-state index contributed by atoms with van der Waals surface area (Å²) in [7, 11) is 0. The van der Waals surface area contributed by atoms with Crippen molar-refractivity contribution in [1.82, 2.24) is 0 Å². The molecule has 0 amide bonds. The Hall–Kier alpha value is -1.09. The monoisotopic (exact) mass is 559 g/mol. The molecule has 0 radical (unpaired) electrons. The molecule has 3 nitrogen and oxygen atoms in total. The third-order valence-electron chi connectivity index (χ3n) is 8.87. The zero-order valence-corrected chi connectivity index (χ0v) is 26.8. The first-order valence-corrected chi connectivity index (χ1v) is 17.9. The highest BCUT2D eigenvalue weighted by atomic mass is 16.6. The maximum atomic E-state index is 11.6. The van der Waals surface area contributed by atoms with Crippen LogP contribution in [0.4, 0.5) is 0 Å². The van der Waals surface area contributed by atoms with Gasteiger partial charge in [0.2, 0.25) is 0 Å². The average Bonchev–Trinajstić information content (AvgIpc) is 3.61. The molecule has 1 fully saturated rings. The number of epoxide rings is 1. The molecule has 0 N–H and O–H groups in total. The van der Waals surface area contributed by atoms with Crippen molar-refractivity contribution >= 4 is 5.97 Å². The van der Waals surface area contributed by atoms with Crippen LogP contribution >= 0.6 is 0 Å². The molecule has 1 saturated heterocycles. The van der Waals surface area contributed by atoms with Gasteiger partial charge in [-0.1, -0.05) is 147 Å². The lowest BCUT2D eigenvalue weighted by molar-refractivity contribution is -0.139. The van der Waals surface area contributed by atoms with Crippen molar-refractivity contribution in [1.29, 1.82) is 0 Å². The number of hydrogen-bond donors (Lipinski definition) is 0. The van der Waals surface area contributed by atoms with E-state index in [0.717, 1.165) is 18.4 Å². The predicted octanol–water partition coefficient (Wildman–Crippen LogP) is 11.7. The third kappa shape index (κ3) is 19.1. The highest BCUT2D eigenvalue weighted by Crippen LogP contribution is 2.31. The van der Waals surface area contributed by atoms with E-state index in [2.05, 4.69) is 19.1 Å². The first-order chi connectivity index (χ1) is 19.7. The Balaban J connectivity index is 1.22. The minimum atomic E-state index is -0.0920. The molecule has 0 aliphatic carbocycles. The molecule has 40 heavy (non-hydrogen) atoms. The number of rotatable bonds is 29. The first kappa shape index (κ1) is 35.1. The van der Waals surface area contributed by atoms with E-state index < -0.39 is 0 Å². The van der Waals surface area contributed by atoms with Crippen LogP contribution in [0.2, 0.25) is 0 Å². The van der Waals surface area contributed by atoms with Gasteiger partial charge in [0.05, 0.1) is 12.2 Å². The van der Waals surface area contributed by atoms with Gasteiger partial charge in [-0.2, -0.15) is 0 Å². The second kappa shape index (κ2) is 24.5. The van der Waals surface area contributed by atoms with Crippen molar-refractivity contribution in [3.05, 3.63) is 23.8 Å². The second-order valence-corrected chi connectivity index (χ2v) is 12.8. The molecule has 0 aromatic carbocycles. The van der Waals surface area contributed by atoms with Gasteiger partial charge in [0.15, 0.2) is 0 Å². The van der Waals surface area contributed by atoms with E-state index in [1.807, 2.05) is 13.0 Å². The van der Waals surface area contributed by atoms with Crippen molar-refractivity contribution in [2.45, 2.75) is 206 Å². The molecule has 2 rings (SSSR count). The number of carbonyl (C=O) groups excluding carboxylic acids is 1. The summed E-state index contributed by atoms with van der Waals surface area (Å²) in [6, 6.07) is 0. The number of carbonyl (C=O) groups is 1. The summed E-state index contributed by atoms with van der Waals surface area (Å²) in [6.07, 6.45) is 44.1. The Morgan fingerprint density at radius 1 is 0.600 bits per heavy atom. The zero-order chi connectivity index (χ0) is 28.5. The van der Waals surface area contributed by atoms with Gasteiger partial charge >= 0.3 is 5.97 Å². The summed E-state index contributed by atoms with van der Waals surface area (Å²) >= 11 is 0. The fourth-order valence-electron chi connectivity index (χ4n) is 6.18. The van der Waals surface area contributed by atoms with Crippen molar-refractivity contribution in [2.75, 3.05) is 0 Å². The van der Waals surface area contributed by atoms with Crippen molar-refractivity contribution in [3.8, 4) is 0 Å². The molecule has 3 atom stereocenters. The van der Waals surface area contributed by atoms with E-state index in [-0.39, 0.29) is 12.1 Å². The van der Waals surface area contributed by atoms with Crippen LogP contribution in [-0.2, 0) is 14.3 Å². The lowest BCUT2D eigenvalue weighted by Crippen LogP contribution is -2.03. The van der Waals surface area contributed by atoms with Crippen LogP contribution in [0.25, 0.3) is 0 Å². The first-order valence-electron chi connectivity index (χ1n) is 17.9. The smallest absolute Gasteiger partial charge is 0.334 e. The summed E-state index contributed by atoms with van der Waals surface area (Å²) in [6.45, 7) is 4.23. The van der Waals surface area contributed by atoms with E-state index in [9.17, 15) is 4.79 Å². The molecule has 0 unspecified atom stereocenters. The van der Waals surface area contributed by atoms with Gasteiger partial charge in [0, 0.05) is 5.57 Å². The lowest BCUT2D eigenvalue weighted by atomic mass is 10.0. The second-order valence-electron chi connectivity index (χ2n) is 12.8. The number of hydrogen-bond acceptors (Lipinski definition) is 3. The quantitative estimate of drug-likeness (QED) is 0.0396. The number of unbranched alkanes of at least 4 members (excludes halogenated alkanes) is 21. The van der Waals surface area contributed by atoms with Gasteiger partial charge in [0.1, 0.15) is 6.10 Å². The van der Waals surface area contributed by atoms with Crippen molar-refractivity contribution in [3.63, 3.8) is 0 Å². The molecular formula is C37H66O3. The number of allylic oxidation sites excluding steroid dienone is 2. The number of ether oxygens (including phenoxy) is 2. The molecule has 2 aliphatic heterocycles. The van der Waals surface area contributed by atoms with Crippen LogP contribution in [0, 0.1) is 0 Å². The summed E-state index contributed by atoms with van der Waals surface area (Å²) in [4.78, 5) is 11.6. The van der Waals surface area contributed by atoms with Crippen LogP contribution in [0.1, 0.15) is 187 Å². The molecule has 3 heteroatoms. The maximum Gasteiger partial charge on any atom is 0.334 e. The van der Waals surface area contributed by atoms with Gasteiger partial charge in [-0.05, 0) is 57.9 Å². The molecule has 0 aromatic heterocycles. The Morgan fingerprint density at radius 3 is 1.62 bits per heavy atom. The normalized spacial score (nSPS) is 20.4. The van der Waals surface area contributed by atoms with Gasteiger partial charge in [-0.15, -0.1) is 0 Å². The molecule has 2 heterocycles. The van der Waals surface area contributed by atoms with Crippen LogP contribution in [0.5, 0.6) is 0 Å². The minimum Gasteiger partial charge on any atom is -0.455 e. The van der Waals surface area contributed by atoms with E-state index in [0.29, 0.717) is 12.2 Å². The summed E-state index contributed by atoms with van der Waals surface area (Å²) in [5.41, 5.74) is 0.898. The third-order valence-corrected chi connectivity index (χ3v) is 8.87. The van der Waals surface area contributed by atoms with Gasteiger partial charge in [0.25, 0.3) is 0 Å². The van der Waals surface area contributed by atoms with Crippen LogP contribution in [-0.4, -0.2) is 24.3 Å². The SMILES string of the molecule is CCCCCCCCCCCC/C=C\CC[C@H]1O[C@@H]1CCCCCCCCCCCCCCC1=C[C@@H](C)OC1=O. The van der Waals surface area contributed by atoms with E-state index in [4.69, 9.17) is 9.47 Å². The topological polar surface area (TPSA) is 38.8 Å². The van der Waals surface area contributed by atoms with E-state index in [1.165, 1.54) is 161 Å². The van der Waals surface area contributed by atoms with Gasteiger partial charge < -0.3 is 9.47 Å². The average molecular weight is 559 g/mol. The largest absolute Gasteiger partial charge is 0.455 e. The van der Waals surface area contributed by atoms with E-state index in [1.54, 1.807) is 0 Å². The fraction of sp³-hybridized carbons (Fsp3) is 0.865. The predicted molar refractivity (Wildman–Crippen MR) is 172 cm³/mol. The number of esters is 1. The van der Waals surface area contributed by atoms with Crippen molar-refractivity contribution < 1.29 is 14.3 Å². The highest BCUT2D eigenvalue weighted by Gasteiger charge is 2.36. The Kier molecular flexibility index (Phi) is 21.5. The van der Waals surface area contributed by atoms with Gasteiger partial charge in [-0.3, -0.25) is 0 Å². The molecule has 0 aromatic rings. The maximum absolute atomic E-state index is 11.6. The number of cyclic esters (lactones) is 1. The zero-order valence-electron chi connectivity index (χ0n) is 26.8. The Morgan fingerprint density at radius 2 is 1.07 bits per heavy atom. The summed E-state index contributed by atoms with van der Waals surface area (Å²) < 4.78 is 11.1. The van der Waals surface area contributed by atoms with Crippen LogP contribution < -0.4 is 0 Å². The molecule has 232 valence electrons. The van der Waals surface area contributed by atoms with E-state index >= 15 is 0 Å².